The lowest BCUT2D eigenvalue weighted by molar-refractivity contribution is -0.120. The molecule has 0 aromatic carbocycles. The molecule has 0 aliphatic heterocycles. The Balaban J connectivity index is 2.33. The number of nitrogens with one attached hydrogen (secondary N) is 2. The highest BCUT2D eigenvalue weighted by Crippen LogP contribution is 2.17. The van der Waals surface area contributed by atoms with Gasteiger partial charge in [0, 0.05) is 37.6 Å². The van der Waals surface area contributed by atoms with E-state index < -0.39 is 0 Å². The average Bonchev–Trinajstić information content (AvgIpc) is 2.73. The molecule has 0 aliphatic carbocycles. The smallest absolute Gasteiger partial charge is 0.221 e. The van der Waals surface area contributed by atoms with Gasteiger partial charge in [0.1, 0.15) is 0 Å². The summed E-state index contributed by atoms with van der Waals surface area (Å²) in [6.45, 7) is 1.50. The number of carbonyl (C=O) groups excluding carboxylic acids is 1. The van der Waals surface area contributed by atoms with E-state index >= 15 is 0 Å². The predicted octanol–water partition coefficient (Wildman–Crippen LogP) is -0.00340. The standard InChI is InChI=1S/C9H17N5OS/c1-11-8(15)3-4-14(2)6-7-5-12-9(13-10)16-7/h5H,3-4,6,10H2,1-2H3,(H,11,15)(H,12,13). The molecule has 1 amide bonds. The Labute approximate surface area is 98.8 Å². The number of amides is 1. The van der Waals surface area contributed by atoms with E-state index in [2.05, 4.69) is 20.6 Å². The first kappa shape index (κ1) is 12.9. The van der Waals surface area contributed by atoms with Crippen molar-refractivity contribution in [1.29, 1.82) is 0 Å². The van der Waals surface area contributed by atoms with E-state index in [4.69, 9.17) is 5.84 Å². The molecule has 0 bridgehead atoms. The maximum absolute atomic E-state index is 11.0. The fourth-order valence-corrected chi connectivity index (χ4v) is 2.01. The van der Waals surface area contributed by atoms with Gasteiger partial charge in [0.15, 0.2) is 5.13 Å². The zero-order chi connectivity index (χ0) is 12.0. The van der Waals surface area contributed by atoms with Crippen LogP contribution in [-0.4, -0.2) is 36.4 Å². The maximum Gasteiger partial charge on any atom is 0.221 e. The number of hydrogen-bond acceptors (Lipinski definition) is 6. The highest BCUT2D eigenvalue weighted by molar-refractivity contribution is 7.15. The molecule has 0 saturated carbocycles. The molecular formula is C9H17N5OS. The van der Waals surface area contributed by atoms with Crippen LogP contribution in [0.5, 0.6) is 0 Å². The zero-order valence-electron chi connectivity index (χ0n) is 9.49. The van der Waals surface area contributed by atoms with Crippen LogP contribution >= 0.6 is 11.3 Å². The van der Waals surface area contributed by atoms with E-state index in [1.54, 1.807) is 13.2 Å². The molecule has 0 fully saturated rings. The predicted molar refractivity (Wildman–Crippen MR) is 64.9 cm³/mol. The third-order valence-electron chi connectivity index (χ3n) is 2.10. The molecule has 90 valence electrons. The maximum atomic E-state index is 11.0. The lowest BCUT2D eigenvalue weighted by atomic mass is 10.3. The van der Waals surface area contributed by atoms with Crippen LogP contribution in [0.1, 0.15) is 11.3 Å². The fourth-order valence-electron chi connectivity index (χ4n) is 1.21. The van der Waals surface area contributed by atoms with Crippen molar-refractivity contribution in [1.82, 2.24) is 15.2 Å². The van der Waals surface area contributed by atoms with Crippen LogP contribution in [0.2, 0.25) is 0 Å². The first-order valence-electron chi connectivity index (χ1n) is 4.96. The zero-order valence-corrected chi connectivity index (χ0v) is 10.3. The number of hydrogen-bond donors (Lipinski definition) is 3. The molecule has 1 aromatic heterocycles. The molecule has 4 N–H and O–H groups in total. The Kier molecular flexibility index (Phi) is 5.17. The monoisotopic (exact) mass is 243 g/mol. The summed E-state index contributed by atoms with van der Waals surface area (Å²) in [6.07, 6.45) is 2.30. The average molecular weight is 243 g/mol. The van der Waals surface area contributed by atoms with Crippen molar-refractivity contribution < 1.29 is 4.79 Å². The van der Waals surface area contributed by atoms with Crippen molar-refractivity contribution in [3.05, 3.63) is 11.1 Å². The number of rotatable bonds is 6. The number of hydrazine groups is 1. The number of nitrogens with zero attached hydrogens (tertiary/aromatic N) is 2. The SMILES string of the molecule is CNC(=O)CCN(C)Cc1cnc(NN)s1. The molecule has 0 saturated heterocycles. The van der Waals surface area contributed by atoms with E-state index in [0.717, 1.165) is 18.0 Å². The van der Waals surface area contributed by atoms with Gasteiger partial charge in [0.25, 0.3) is 0 Å². The Bertz CT molecular complexity index is 340. The van der Waals surface area contributed by atoms with E-state index in [9.17, 15) is 4.79 Å². The Morgan fingerprint density at radius 3 is 3.00 bits per heavy atom. The second-order valence-electron chi connectivity index (χ2n) is 3.44. The van der Waals surface area contributed by atoms with Gasteiger partial charge < -0.3 is 10.2 Å². The number of thiazole rings is 1. The van der Waals surface area contributed by atoms with Gasteiger partial charge in [-0.25, -0.2) is 10.8 Å². The Hall–Kier alpha value is -1.18. The van der Waals surface area contributed by atoms with Gasteiger partial charge in [-0.15, -0.1) is 0 Å². The van der Waals surface area contributed by atoms with Crippen molar-refractivity contribution in [3.8, 4) is 0 Å². The second kappa shape index (κ2) is 6.41. The lowest BCUT2D eigenvalue weighted by Crippen LogP contribution is -2.26. The van der Waals surface area contributed by atoms with Gasteiger partial charge in [-0.1, -0.05) is 11.3 Å². The number of aromatic nitrogens is 1. The summed E-state index contributed by atoms with van der Waals surface area (Å²) < 4.78 is 0. The molecule has 0 spiro atoms. The fraction of sp³-hybridized carbons (Fsp3) is 0.556. The summed E-state index contributed by atoms with van der Waals surface area (Å²) in [6, 6.07) is 0. The third-order valence-corrected chi connectivity index (χ3v) is 3.02. The molecule has 0 atom stereocenters. The Morgan fingerprint density at radius 2 is 2.44 bits per heavy atom. The van der Waals surface area contributed by atoms with Crippen LogP contribution in [0.3, 0.4) is 0 Å². The number of nitrogens with two attached hydrogens (primary N) is 1. The summed E-state index contributed by atoms with van der Waals surface area (Å²) in [5.41, 5.74) is 2.50. The minimum atomic E-state index is 0.0560. The molecule has 0 radical (unpaired) electrons. The van der Waals surface area contributed by atoms with Crippen molar-refractivity contribution in [2.45, 2.75) is 13.0 Å². The van der Waals surface area contributed by atoms with Crippen LogP contribution in [0.15, 0.2) is 6.20 Å². The minimum Gasteiger partial charge on any atom is -0.359 e. The lowest BCUT2D eigenvalue weighted by Gasteiger charge is -2.14. The first-order chi connectivity index (χ1) is 7.65. The highest BCUT2D eigenvalue weighted by Gasteiger charge is 2.06. The van der Waals surface area contributed by atoms with Crippen molar-refractivity contribution in [2.75, 3.05) is 26.1 Å². The van der Waals surface area contributed by atoms with Gasteiger partial charge in [0.05, 0.1) is 0 Å². The minimum absolute atomic E-state index is 0.0560. The molecule has 1 rings (SSSR count). The molecule has 16 heavy (non-hydrogen) atoms. The third kappa shape index (κ3) is 4.13. The molecule has 0 aliphatic rings. The summed E-state index contributed by atoms with van der Waals surface area (Å²) in [5.74, 6) is 5.30. The van der Waals surface area contributed by atoms with Gasteiger partial charge >= 0.3 is 0 Å². The topological polar surface area (TPSA) is 83.3 Å². The van der Waals surface area contributed by atoms with Gasteiger partial charge in [-0.3, -0.25) is 10.2 Å². The van der Waals surface area contributed by atoms with Gasteiger partial charge in [0.2, 0.25) is 5.91 Å². The van der Waals surface area contributed by atoms with Crippen molar-refractivity contribution in [2.24, 2.45) is 5.84 Å². The molecule has 1 heterocycles. The number of anilines is 1. The molecule has 6 nitrogen and oxygen atoms in total. The molecule has 7 heteroatoms. The van der Waals surface area contributed by atoms with E-state index in [0.29, 0.717) is 11.6 Å². The van der Waals surface area contributed by atoms with Crippen LogP contribution < -0.4 is 16.6 Å². The van der Waals surface area contributed by atoms with Crippen LogP contribution in [0.25, 0.3) is 0 Å². The van der Waals surface area contributed by atoms with Gasteiger partial charge in [-0.2, -0.15) is 0 Å². The van der Waals surface area contributed by atoms with Crippen molar-refractivity contribution in [3.63, 3.8) is 0 Å². The van der Waals surface area contributed by atoms with E-state index in [-0.39, 0.29) is 5.91 Å². The molecule has 0 unspecified atom stereocenters. The summed E-state index contributed by atoms with van der Waals surface area (Å²) in [4.78, 5) is 18.3. The number of nitrogen functional groups attached to an aromatic ring is 1. The summed E-state index contributed by atoms with van der Waals surface area (Å²) in [5, 5.41) is 3.30. The quantitative estimate of drug-likeness (QED) is 0.484. The van der Waals surface area contributed by atoms with Crippen LogP contribution in [0.4, 0.5) is 5.13 Å². The normalized spacial score (nSPS) is 10.5. The Morgan fingerprint density at radius 1 is 1.69 bits per heavy atom. The molecule has 1 aromatic rings. The summed E-state index contributed by atoms with van der Waals surface area (Å²) in [7, 11) is 3.61. The largest absolute Gasteiger partial charge is 0.359 e. The van der Waals surface area contributed by atoms with Crippen LogP contribution in [-0.2, 0) is 11.3 Å². The summed E-state index contributed by atoms with van der Waals surface area (Å²) >= 11 is 1.51. The highest BCUT2D eigenvalue weighted by atomic mass is 32.1. The second-order valence-corrected chi connectivity index (χ2v) is 4.55. The number of carbonyl (C=O) groups is 1. The molecular weight excluding hydrogens is 226 g/mol. The van der Waals surface area contributed by atoms with E-state index in [1.807, 2.05) is 7.05 Å². The van der Waals surface area contributed by atoms with Gasteiger partial charge in [-0.05, 0) is 7.05 Å². The first-order valence-corrected chi connectivity index (χ1v) is 5.77. The van der Waals surface area contributed by atoms with Crippen molar-refractivity contribution >= 4 is 22.4 Å². The van der Waals surface area contributed by atoms with E-state index in [1.165, 1.54) is 11.3 Å². The van der Waals surface area contributed by atoms with Crippen LogP contribution in [0, 0.1) is 0 Å².